The van der Waals surface area contributed by atoms with E-state index in [1.165, 1.54) is 6.26 Å². The zero-order chi connectivity index (χ0) is 15.4. The van der Waals surface area contributed by atoms with Crippen LogP contribution in [0.1, 0.15) is 12.8 Å². The number of hydrogen-bond acceptors (Lipinski definition) is 4. The molecule has 2 aliphatic rings. The minimum atomic E-state index is -0.473. The van der Waals surface area contributed by atoms with Crippen molar-refractivity contribution in [1.29, 1.82) is 0 Å². The third-order valence-electron chi connectivity index (χ3n) is 3.72. The summed E-state index contributed by atoms with van der Waals surface area (Å²) in [5.41, 5.74) is 0.725. The Balaban J connectivity index is 1.68. The van der Waals surface area contributed by atoms with Crippen molar-refractivity contribution >= 4 is 17.5 Å². The number of nitrogens with zero attached hydrogens (tertiary/aromatic N) is 1. The molecule has 1 saturated heterocycles. The molecule has 2 amide bonds. The molecular weight excluding hydrogens is 284 g/mol. The first-order valence-electron chi connectivity index (χ1n) is 7.37. The Labute approximate surface area is 128 Å². The van der Waals surface area contributed by atoms with Gasteiger partial charge in [-0.2, -0.15) is 0 Å². The predicted molar refractivity (Wildman–Crippen MR) is 79.8 cm³/mol. The van der Waals surface area contributed by atoms with Crippen LogP contribution in [0.4, 0.5) is 5.69 Å². The number of carbonyl (C=O) groups excluding carboxylic acids is 2. The van der Waals surface area contributed by atoms with Crippen LogP contribution in [0.5, 0.6) is 0 Å². The second-order valence-electron chi connectivity index (χ2n) is 5.21. The Morgan fingerprint density at radius 1 is 1.18 bits per heavy atom. The fraction of sp³-hybridized carbons (Fsp3) is 0.375. The number of rotatable bonds is 3. The van der Waals surface area contributed by atoms with Crippen LogP contribution in [0.3, 0.4) is 0 Å². The van der Waals surface area contributed by atoms with E-state index in [9.17, 15) is 9.59 Å². The van der Waals surface area contributed by atoms with Crippen LogP contribution in [0.2, 0.25) is 0 Å². The molecule has 6 nitrogen and oxygen atoms in total. The standard InChI is InChI=1S/C16H18N2O4/c19-15(17-12-5-2-1-3-6-12)13-7-4-8-18(13)16(20)14-11-21-9-10-22-14/h1-3,5-6,11,13H,4,7-10H2,(H,17,19)/t13-/m1/s1. The lowest BCUT2D eigenvalue weighted by Crippen LogP contribution is -2.44. The van der Waals surface area contributed by atoms with Gasteiger partial charge < -0.3 is 19.7 Å². The van der Waals surface area contributed by atoms with Crippen LogP contribution >= 0.6 is 0 Å². The van der Waals surface area contributed by atoms with E-state index in [-0.39, 0.29) is 17.6 Å². The van der Waals surface area contributed by atoms with Crippen molar-refractivity contribution in [3.63, 3.8) is 0 Å². The molecule has 3 rings (SSSR count). The van der Waals surface area contributed by atoms with Gasteiger partial charge in [0.2, 0.25) is 11.7 Å². The summed E-state index contributed by atoms with van der Waals surface area (Å²) in [6.07, 6.45) is 2.78. The number of ether oxygens (including phenoxy) is 2. The highest BCUT2D eigenvalue weighted by Gasteiger charge is 2.36. The highest BCUT2D eigenvalue weighted by molar-refractivity contribution is 6.00. The number of hydrogen-bond donors (Lipinski definition) is 1. The number of anilines is 1. The minimum Gasteiger partial charge on any atom is -0.494 e. The van der Waals surface area contributed by atoms with E-state index in [4.69, 9.17) is 9.47 Å². The summed E-state index contributed by atoms with van der Waals surface area (Å²) in [6.45, 7) is 1.34. The van der Waals surface area contributed by atoms with E-state index >= 15 is 0 Å². The van der Waals surface area contributed by atoms with Crippen LogP contribution in [-0.2, 0) is 19.1 Å². The molecule has 0 radical (unpaired) electrons. The van der Waals surface area contributed by atoms with Crippen molar-refractivity contribution < 1.29 is 19.1 Å². The van der Waals surface area contributed by atoms with E-state index in [1.54, 1.807) is 4.90 Å². The first-order valence-corrected chi connectivity index (χ1v) is 7.37. The SMILES string of the molecule is O=C(Nc1ccccc1)[C@H]1CCCN1C(=O)C1=COCCO1. The Morgan fingerprint density at radius 2 is 2.00 bits per heavy atom. The maximum Gasteiger partial charge on any atom is 0.292 e. The lowest BCUT2D eigenvalue weighted by atomic mass is 10.2. The maximum absolute atomic E-state index is 12.4. The van der Waals surface area contributed by atoms with E-state index < -0.39 is 6.04 Å². The van der Waals surface area contributed by atoms with Gasteiger partial charge in [0, 0.05) is 12.2 Å². The molecule has 116 valence electrons. The van der Waals surface area contributed by atoms with Gasteiger partial charge in [-0.3, -0.25) is 9.59 Å². The zero-order valence-electron chi connectivity index (χ0n) is 12.2. The number of carbonyl (C=O) groups is 2. The van der Waals surface area contributed by atoms with E-state index in [0.717, 1.165) is 12.1 Å². The molecular formula is C16H18N2O4. The van der Waals surface area contributed by atoms with Crippen LogP contribution in [0.15, 0.2) is 42.4 Å². The molecule has 1 N–H and O–H groups in total. The third kappa shape index (κ3) is 3.05. The Kier molecular flexibility index (Phi) is 4.27. The van der Waals surface area contributed by atoms with Gasteiger partial charge in [-0.15, -0.1) is 0 Å². The van der Waals surface area contributed by atoms with E-state index in [0.29, 0.717) is 26.2 Å². The molecule has 6 heteroatoms. The number of likely N-dealkylation sites (tertiary alicyclic amines) is 1. The summed E-state index contributed by atoms with van der Waals surface area (Å²) in [6, 6.07) is 8.75. The van der Waals surface area contributed by atoms with Gasteiger partial charge in [0.15, 0.2) is 0 Å². The van der Waals surface area contributed by atoms with Crippen molar-refractivity contribution in [2.24, 2.45) is 0 Å². The Morgan fingerprint density at radius 3 is 2.73 bits per heavy atom. The molecule has 0 bridgehead atoms. The summed E-state index contributed by atoms with van der Waals surface area (Å²) in [5.74, 6) is -0.287. The molecule has 22 heavy (non-hydrogen) atoms. The van der Waals surface area contributed by atoms with Crippen molar-refractivity contribution in [3.8, 4) is 0 Å². The normalized spacial score (nSPS) is 20.6. The van der Waals surface area contributed by atoms with Crippen molar-refractivity contribution in [3.05, 3.63) is 42.4 Å². The number of para-hydroxylation sites is 1. The lowest BCUT2D eigenvalue weighted by Gasteiger charge is -2.25. The number of benzene rings is 1. The first kappa shape index (κ1) is 14.4. The molecule has 2 heterocycles. The average Bonchev–Trinajstić information content (AvgIpc) is 3.05. The van der Waals surface area contributed by atoms with Crippen LogP contribution in [-0.4, -0.2) is 42.5 Å². The summed E-state index contributed by atoms with van der Waals surface area (Å²) in [5, 5.41) is 2.85. The minimum absolute atomic E-state index is 0.172. The molecule has 0 saturated carbocycles. The van der Waals surface area contributed by atoms with E-state index in [1.807, 2.05) is 30.3 Å². The largest absolute Gasteiger partial charge is 0.494 e. The van der Waals surface area contributed by atoms with E-state index in [2.05, 4.69) is 5.32 Å². The molecule has 0 aromatic heterocycles. The number of nitrogens with one attached hydrogen (secondary N) is 1. The molecule has 0 aliphatic carbocycles. The monoisotopic (exact) mass is 302 g/mol. The predicted octanol–water partition coefficient (Wildman–Crippen LogP) is 1.50. The van der Waals surface area contributed by atoms with Crippen molar-refractivity contribution in [1.82, 2.24) is 4.90 Å². The Hall–Kier alpha value is -2.50. The molecule has 1 aromatic rings. The fourth-order valence-electron chi connectivity index (χ4n) is 2.65. The topological polar surface area (TPSA) is 67.9 Å². The van der Waals surface area contributed by atoms with Gasteiger partial charge in [-0.25, -0.2) is 0 Å². The van der Waals surface area contributed by atoms with Crippen LogP contribution in [0.25, 0.3) is 0 Å². The summed E-state index contributed by atoms with van der Waals surface area (Å²) < 4.78 is 10.4. The zero-order valence-corrected chi connectivity index (χ0v) is 12.2. The highest BCUT2D eigenvalue weighted by atomic mass is 16.6. The summed E-state index contributed by atoms with van der Waals surface area (Å²) in [7, 11) is 0. The van der Waals surface area contributed by atoms with Crippen molar-refractivity contribution in [2.75, 3.05) is 25.1 Å². The van der Waals surface area contributed by atoms with Gasteiger partial charge >= 0.3 is 0 Å². The average molecular weight is 302 g/mol. The van der Waals surface area contributed by atoms with Crippen molar-refractivity contribution in [2.45, 2.75) is 18.9 Å². The molecule has 1 aromatic carbocycles. The van der Waals surface area contributed by atoms with Gasteiger partial charge in [0.05, 0.1) is 0 Å². The van der Waals surface area contributed by atoms with Gasteiger partial charge in [-0.1, -0.05) is 18.2 Å². The molecule has 2 aliphatic heterocycles. The second kappa shape index (κ2) is 6.51. The lowest BCUT2D eigenvalue weighted by molar-refractivity contribution is -0.137. The Bertz CT molecular complexity index is 585. The molecule has 0 spiro atoms. The fourth-order valence-corrected chi connectivity index (χ4v) is 2.65. The van der Waals surface area contributed by atoms with Crippen LogP contribution in [0, 0.1) is 0 Å². The van der Waals surface area contributed by atoms with Gasteiger partial charge in [0.1, 0.15) is 25.5 Å². The summed E-state index contributed by atoms with van der Waals surface area (Å²) >= 11 is 0. The quantitative estimate of drug-likeness (QED) is 0.919. The highest BCUT2D eigenvalue weighted by Crippen LogP contribution is 2.22. The maximum atomic E-state index is 12.4. The van der Waals surface area contributed by atoms with Gasteiger partial charge in [0.25, 0.3) is 5.91 Å². The molecule has 1 atom stereocenters. The second-order valence-corrected chi connectivity index (χ2v) is 5.21. The molecule has 1 fully saturated rings. The summed E-state index contributed by atoms with van der Waals surface area (Å²) in [4.78, 5) is 26.4. The van der Waals surface area contributed by atoms with Gasteiger partial charge in [-0.05, 0) is 25.0 Å². The smallest absolute Gasteiger partial charge is 0.292 e. The van der Waals surface area contributed by atoms with Crippen LogP contribution < -0.4 is 5.32 Å². The molecule has 0 unspecified atom stereocenters. The third-order valence-corrected chi connectivity index (χ3v) is 3.72. The first-order chi connectivity index (χ1) is 10.8. The number of amides is 2.